The first-order valence-corrected chi connectivity index (χ1v) is 6.68. The van der Waals surface area contributed by atoms with Crippen LogP contribution >= 0.6 is 7.92 Å². The Balaban J connectivity index is 1.94. The van der Waals surface area contributed by atoms with E-state index in [4.69, 9.17) is 9.47 Å². The van der Waals surface area contributed by atoms with Gasteiger partial charge in [0.05, 0.1) is 12.7 Å². The van der Waals surface area contributed by atoms with Gasteiger partial charge in [0.15, 0.2) is 0 Å². The molecule has 1 saturated heterocycles. The maximum Gasteiger partial charge on any atom is 0.218 e. The van der Waals surface area contributed by atoms with Gasteiger partial charge in [-0.15, -0.1) is 0 Å². The molecule has 1 aromatic rings. The zero-order chi connectivity index (χ0) is 10.7. The molecule has 1 aromatic carbocycles. The molecule has 0 aliphatic carbocycles. The van der Waals surface area contributed by atoms with Crippen molar-refractivity contribution >= 4 is 13.2 Å². The van der Waals surface area contributed by atoms with Crippen molar-refractivity contribution in [3.05, 3.63) is 30.3 Å². The fourth-order valence-electron chi connectivity index (χ4n) is 1.48. The average Bonchev–Trinajstić information content (AvgIpc) is 2.30. The van der Waals surface area contributed by atoms with Crippen LogP contribution in [0.3, 0.4) is 0 Å². The molecule has 3 nitrogen and oxygen atoms in total. The van der Waals surface area contributed by atoms with Crippen LogP contribution < -0.4 is 5.30 Å². The monoisotopic (exact) mass is 225 g/mol. The summed E-state index contributed by atoms with van der Waals surface area (Å²) in [5.74, 6) is 0. The predicted molar refractivity (Wildman–Crippen MR) is 62.4 cm³/mol. The molecule has 0 aromatic heterocycles. The van der Waals surface area contributed by atoms with Gasteiger partial charge >= 0.3 is 0 Å². The lowest BCUT2D eigenvalue weighted by molar-refractivity contribution is -0.200. The minimum Gasteiger partial charge on any atom is -0.335 e. The van der Waals surface area contributed by atoms with E-state index >= 15 is 0 Å². The van der Waals surface area contributed by atoms with Crippen LogP contribution in [0, 0.1) is 0 Å². The largest absolute Gasteiger partial charge is 0.335 e. The van der Waals surface area contributed by atoms with Crippen LogP contribution in [-0.4, -0.2) is 38.1 Å². The molecule has 0 N–H and O–H groups in total. The molecule has 0 amide bonds. The highest BCUT2D eigenvalue weighted by Crippen LogP contribution is 2.38. The summed E-state index contributed by atoms with van der Waals surface area (Å²) < 4.78 is 11.3. The zero-order valence-corrected chi connectivity index (χ0v) is 9.98. The molecule has 15 heavy (non-hydrogen) atoms. The molecular weight excluding hydrogens is 209 g/mol. The van der Waals surface area contributed by atoms with Gasteiger partial charge in [0.1, 0.15) is 0 Å². The van der Waals surface area contributed by atoms with Gasteiger partial charge in [-0.3, -0.25) is 4.90 Å². The number of nitrogens with zero attached hydrogens (tertiary/aromatic N) is 1. The van der Waals surface area contributed by atoms with E-state index in [0.717, 1.165) is 12.7 Å². The van der Waals surface area contributed by atoms with Gasteiger partial charge in [-0.25, -0.2) is 0 Å². The van der Waals surface area contributed by atoms with Gasteiger partial charge in [-0.05, 0) is 27.3 Å². The van der Waals surface area contributed by atoms with E-state index in [1.807, 2.05) is 25.1 Å². The summed E-state index contributed by atoms with van der Waals surface area (Å²) >= 11 is 0. The van der Waals surface area contributed by atoms with Crippen molar-refractivity contribution in [2.45, 2.75) is 6.41 Å². The number of hydrogen-bond donors (Lipinski definition) is 0. The molecule has 0 radical (unpaired) electrons. The minimum absolute atomic E-state index is 0.174. The van der Waals surface area contributed by atoms with Crippen LogP contribution in [-0.2, 0) is 9.47 Å². The van der Waals surface area contributed by atoms with E-state index in [-0.39, 0.29) is 14.3 Å². The molecule has 1 aliphatic heterocycles. The van der Waals surface area contributed by atoms with E-state index in [1.165, 1.54) is 5.30 Å². The molecule has 2 rings (SSSR count). The summed E-state index contributed by atoms with van der Waals surface area (Å²) in [6, 6.07) is 10.5. The summed E-state index contributed by atoms with van der Waals surface area (Å²) in [6.07, 6.45) is 1.41. The average molecular weight is 225 g/mol. The fraction of sp³-hybridized carbons (Fsp3) is 0.455. The van der Waals surface area contributed by atoms with Crippen molar-refractivity contribution in [1.82, 2.24) is 4.90 Å². The molecule has 1 heterocycles. The second kappa shape index (κ2) is 5.04. The summed E-state index contributed by atoms with van der Waals surface area (Å²) in [7, 11) is 3.63. The van der Waals surface area contributed by atoms with Crippen molar-refractivity contribution < 1.29 is 9.47 Å². The van der Waals surface area contributed by atoms with E-state index in [2.05, 4.69) is 24.3 Å². The highest BCUT2D eigenvalue weighted by molar-refractivity contribution is 7.65. The highest BCUT2D eigenvalue weighted by Gasteiger charge is 2.23. The van der Waals surface area contributed by atoms with Crippen molar-refractivity contribution in [2.75, 3.05) is 26.8 Å². The van der Waals surface area contributed by atoms with E-state index < -0.39 is 0 Å². The van der Waals surface area contributed by atoms with Gasteiger partial charge in [-0.1, -0.05) is 30.3 Å². The third-order valence-corrected chi connectivity index (χ3v) is 4.24. The second-order valence-corrected chi connectivity index (χ2v) is 5.85. The first kappa shape index (κ1) is 11.0. The van der Waals surface area contributed by atoms with Crippen LogP contribution in [0.1, 0.15) is 0 Å². The van der Waals surface area contributed by atoms with E-state index in [0.29, 0.717) is 0 Å². The third-order valence-electron chi connectivity index (χ3n) is 2.29. The fourth-order valence-corrected chi connectivity index (χ4v) is 3.06. The minimum atomic E-state index is -0.289. The van der Waals surface area contributed by atoms with E-state index in [1.54, 1.807) is 0 Å². The summed E-state index contributed by atoms with van der Waals surface area (Å²) in [5.41, 5.74) is 0. The molecule has 0 spiro atoms. The smallest absolute Gasteiger partial charge is 0.218 e. The molecule has 0 atom stereocenters. The molecule has 1 fully saturated rings. The van der Waals surface area contributed by atoms with Crippen molar-refractivity contribution in [3.63, 3.8) is 0 Å². The van der Waals surface area contributed by atoms with Crippen LogP contribution in [0.5, 0.6) is 0 Å². The maximum atomic E-state index is 5.64. The first-order chi connectivity index (χ1) is 7.27. The quantitative estimate of drug-likeness (QED) is 0.714. The molecule has 1 aliphatic rings. The topological polar surface area (TPSA) is 21.7 Å². The molecule has 82 valence electrons. The van der Waals surface area contributed by atoms with Crippen LogP contribution in [0.4, 0.5) is 0 Å². The number of ether oxygens (including phenoxy) is 2. The van der Waals surface area contributed by atoms with Gasteiger partial charge in [0, 0.05) is 0 Å². The summed E-state index contributed by atoms with van der Waals surface area (Å²) in [4.78, 5) is 1.94. The first-order valence-electron chi connectivity index (χ1n) is 4.97. The summed E-state index contributed by atoms with van der Waals surface area (Å²) in [5, 5.41) is 1.35. The maximum absolute atomic E-state index is 5.64. The molecular formula is C11H16NO2P. The second-order valence-electron chi connectivity index (χ2n) is 3.74. The van der Waals surface area contributed by atoms with Gasteiger partial charge in [-0.2, -0.15) is 0 Å². The molecule has 0 unspecified atom stereocenters. The number of rotatable bonds is 2. The van der Waals surface area contributed by atoms with Gasteiger partial charge in [0.2, 0.25) is 6.41 Å². The lowest BCUT2D eigenvalue weighted by Crippen LogP contribution is -2.37. The third kappa shape index (κ3) is 2.76. The Morgan fingerprint density at radius 1 is 1.13 bits per heavy atom. The van der Waals surface area contributed by atoms with E-state index in [9.17, 15) is 0 Å². The SMILES string of the molecule is CN(C)C1OCP(c2ccccc2)CO1. The Labute approximate surface area is 91.7 Å². The Kier molecular flexibility index (Phi) is 3.71. The van der Waals surface area contributed by atoms with Crippen LogP contribution in [0.25, 0.3) is 0 Å². The Hall–Kier alpha value is -0.470. The Morgan fingerprint density at radius 3 is 2.27 bits per heavy atom. The van der Waals surface area contributed by atoms with Crippen molar-refractivity contribution in [2.24, 2.45) is 0 Å². The lowest BCUT2D eigenvalue weighted by Gasteiger charge is -2.33. The van der Waals surface area contributed by atoms with Crippen LogP contribution in [0.2, 0.25) is 0 Å². The van der Waals surface area contributed by atoms with Gasteiger partial charge in [0.25, 0.3) is 0 Å². The number of benzene rings is 1. The molecule has 4 heteroatoms. The Bertz CT molecular complexity index is 297. The standard InChI is InChI=1S/C11H16NO2P/c1-12(2)11-13-8-15(9-14-11)10-6-4-3-5-7-10/h3-7,11H,8-9H2,1-2H3. The normalized spacial score (nSPS) is 26.9. The van der Waals surface area contributed by atoms with Crippen LogP contribution in [0.15, 0.2) is 30.3 Å². The highest BCUT2D eigenvalue weighted by atomic mass is 31.1. The molecule has 0 saturated carbocycles. The van der Waals surface area contributed by atoms with Crippen molar-refractivity contribution in [1.29, 1.82) is 0 Å². The predicted octanol–water partition coefficient (Wildman–Crippen LogP) is 1.60. The molecule has 0 bridgehead atoms. The zero-order valence-electron chi connectivity index (χ0n) is 9.09. The summed E-state index contributed by atoms with van der Waals surface area (Å²) in [6.45, 7) is 0. The number of hydrogen-bond acceptors (Lipinski definition) is 3. The Morgan fingerprint density at radius 2 is 1.73 bits per heavy atom. The lowest BCUT2D eigenvalue weighted by atomic mass is 10.4. The van der Waals surface area contributed by atoms with Crippen molar-refractivity contribution in [3.8, 4) is 0 Å². The van der Waals surface area contributed by atoms with Gasteiger partial charge < -0.3 is 9.47 Å².